The van der Waals surface area contributed by atoms with Crippen LogP contribution in [0.4, 0.5) is 16.2 Å². The number of anilines is 2. The lowest BCUT2D eigenvalue weighted by atomic mass is 10.1. The Morgan fingerprint density at radius 3 is 2.79 bits per heavy atom. The van der Waals surface area contributed by atoms with Crippen molar-refractivity contribution >= 4 is 41.1 Å². The van der Waals surface area contributed by atoms with E-state index >= 15 is 0 Å². The molecule has 13 heteroatoms. The van der Waals surface area contributed by atoms with Crippen LogP contribution < -0.4 is 15.5 Å². The van der Waals surface area contributed by atoms with Gasteiger partial charge in [-0.3, -0.25) is 10.1 Å². The summed E-state index contributed by atoms with van der Waals surface area (Å²) < 4.78 is 6.26. The van der Waals surface area contributed by atoms with Crippen LogP contribution in [0.5, 0.6) is 0 Å². The van der Waals surface area contributed by atoms with E-state index in [4.69, 9.17) is 16.3 Å². The molecule has 12 nitrogen and oxygen atoms in total. The van der Waals surface area contributed by atoms with Crippen LogP contribution in [0.1, 0.15) is 49.5 Å². The zero-order valence-electron chi connectivity index (χ0n) is 23.4. The lowest BCUT2D eigenvalue weighted by molar-refractivity contribution is -0.117. The van der Waals surface area contributed by atoms with E-state index in [2.05, 4.69) is 41.0 Å². The molecule has 0 fully saturated rings. The first-order chi connectivity index (χ1) is 20.4. The van der Waals surface area contributed by atoms with Crippen LogP contribution in [0.25, 0.3) is 23.0 Å². The number of hydrogen-bond acceptors (Lipinski definition) is 8. The summed E-state index contributed by atoms with van der Waals surface area (Å²) in [6.45, 7) is 0.858. The zero-order chi connectivity index (χ0) is 29.5. The maximum atomic E-state index is 13.1. The van der Waals surface area contributed by atoms with E-state index in [0.717, 1.165) is 55.6 Å². The lowest BCUT2D eigenvalue weighted by Crippen LogP contribution is -2.27. The number of aromatic nitrogens is 6. The van der Waals surface area contributed by atoms with Gasteiger partial charge in [-0.25, -0.2) is 9.78 Å². The summed E-state index contributed by atoms with van der Waals surface area (Å²) in [4.78, 5) is 35.2. The highest BCUT2D eigenvalue weighted by molar-refractivity contribution is 6.30. The topological polar surface area (TPSA) is 143 Å². The van der Waals surface area contributed by atoms with Crippen molar-refractivity contribution < 1.29 is 14.3 Å². The molecular weight excluding hydrogens is 558 g/mol. The predicted octanol–water partition coefficient (Wildman–Crippen LogP) is 5.16. The first-order valence-corrected chi connectivity index (χ1v) is 14.1. The van der Waals surface area contributed by atoms with Crippen LogP contribution >= 0.6 is 11.6 Å². The average molecular weight is 590 g/mol. The van der Waals surface area contributed by atoms with E-state index in [1.54, 1.807) is 30.5 Å². The predicted molar refractivity (Wildman–Crippen MR) is 160 cm³/mol. The molecule has 2 amide bonds. The van der Waals surface area contributed by atoms with Gasteiger partial charge in [-0.1, -0.05) is 30.9 Å². The van der Waals surface area contributed by atoms with E-state index in [-0.39, 0.29) is 11.9 Å². The maximum absolute atomic E-state index is 13.1. The molecular formula is C29H32ClN9O3. The highest BCUT2D eigenvalue weighted by Crippen LogP contribution is 2.34. The fourth-order valence-electron chi connectivity index (χ4n) is 4.95. The molecule has 1 unspecified atom stereocenters. The fraction of sp³-hybridized carbons (Fsp3) is 0.310. The number of nitrogens with zero attached hydrogens (tertiary/aromatic N) is 6. The van der Waals surface area contributed by atoms with Crippen LogP contribution in [0.15, 0.2) is 55.0 Å². The normalized spacial score (nSPS) is 15.7. The van der Waals surface area contributed by atoms with E-state index in [0.29, 0.717) is 27.8 Å². The number of nitrogens with one attached hydrogen (secondary N) is 3. The molecule has 3 heterocycles. The lowest BCUT2D eigenvalue weighted by Gasteiger charge is -2.23. The Morgan fingerprint density at radius 1 is 1.12 bits per heavy atom. The number of rotatable bonds is 5. The molecule has 5 rings (SSSR count). The monoisotopic (exact) mass is 589 g/mol. The molecule has 1 aliphatic heterocycles. The van der Waals surface area contributed by atoms with Crippen molar-refractivity contribution in [1.29, 1.82) is 0 Å². The summed E-state index contributed by atoms with van der Waals surface area (Å²) in [5.41, 5.74) is 4.72. The Kier molecular flexibility index (Phi) is 9.12. The third-order valence-corrected chi connectivity index (χ3v) is 7.34. The first-order valence-electron chi connectivity index (χ1n) is 13.7. The number of methoxy groups -OCH3 is 1. The number of halogens is 1. The van der Waals surface area contributed by atoms with Crippen LogP contribution in [0.3, 0.4) is 0 Å². The van der Waals surface area contributed by atoms with Crippen LogP contribution in [-0.2, 0) is 9.53 Å². The Bertz CT molecular complexity index is 1570. The molecule has 0 spiro atoms. The molecule has 2 aromatic carbocycles. The van der Waals surface area contributed by atoms with Gasteiger partial charge in [-0.2, -0.15) is 4.68 Å². The van der Waals surface area contributed by atoms with Crippen molar-refractivity contribution in [2.24, 2.45) is 0 Å². The number of H-pyrrole nitrogens is 1. The molecule has 2 aromatic heterocycles. The standard InChI is InChI=1S/C29H32ClN9O3/c1-38-14-6-4-3-5-7-23(28-31-17-24(35-28)22-11-10-21(16-26(22)38)33-29(41)42-2)34-27(40)13-8-19-15-20(30)9-12-25(19)39-18-32-36-37-39/h8-13,15-18,23H,3-7,14H2,1-2H3,(H,31,35)(H,33,41)(H,34,40). The number of hydrogen-bond donors (Lipinski definition) is 3. The first kappa shape index (κ1) is 28.8. The van der Waals surface area contributed by atoms with Crippen molar-refractivity contribution in [3.63, 3.8) is 0 Å². The van der Waals surface area contributed by atoms with Gasteiger partial charge in [-0.15, -0.1) is 5.10 Å². The summed E-state index contributed by atoms with van der Waals surface area (Å²) >= 11 is 6.22. The summed E-state index contributed by atoms with van der Waals surface area (Å²) in [5, 5.41) is 17.7. The zero-order valence-corrected chi connectivity index (χ0v) is 24.1. The van der Waals surface area contributed by atoms with E-state index < -0.39 is 6.09 Å². The number of aromatic amines is 1. The average Bonchev–Trinajstić information content (AvgIpc) is 3.70. The molecule has 0 saturated heterocycles. The molecule has 2 bridgehead atoms. The highest BCUT2D eigenvalue weighted by atomic mass is 35.5. The minimum Gasteiger partial charge on any atom is -0.453 e. The maximum Gasteiger partial charge on any atom is 0.411 e. The molecule has 3 N–H and O–H groups in total. The van der Waals surface area contributed by atoms with Gasteiger partial charge in [0.05, 0.1) is 30.7 Å². The van der Waals surface area contributed by atoms with Gasteiger partial charge < -0.3 is 19.9 Å². The van der Waals surface area contributed by atoms with Crippen molar-refractivity contribution in [3.8, 4) is 16.9 Å². The van der Waals surface area contributed by atoms with Gasteiger partial charge in [0.15, 0.2) is 0 Å². The third-order valence-electron chi connectivity index (χ3n) is 7.11. The summed E-state index contributed by atoms with van der Waals surface area (Å²) in [7, 11) is 3.37. The second kappa shape index (κ2) is 13.3. The van der Waals surface area contributed by atoms with E-state index in [1.165, 1.54) is 24.2 Å². The van der Waals surface area contributed by atoms with Crippen LogP contribution in [0, 0.1) is 0 Å². The number of carbonyl (C=O) groups is 2. The summed E-state index contributed by atoms with van der Waals surface area (Å²) in [6, 6.07) is 10.7. The minimum atomic E-state index is -0.527. The number of imidazole rings is 1. The Balaban J connectivity index is 1.39. The molecule has 0 aliphatic carbocycles. The molecule has 218 valence electrons. The number of tetrazole rings is 1. The van der Waals surface area contributed by atoms with Crippen LogP contribution in [0.2, 0.25) is 5.02 Å². The minimum absolute atomic E-state index is 0.261. The Labute approximate surface area is 248 Å². The molecule has 1 aliphatic rings. The molecule has 0 radical (unpaired) electrons. The van der Waals surface area contributed by atoms with E-state index in [1.807, 2.05) is 25.2 Å². The summed E-state index contributed by atoms with van der Waals surface area (Å²) in [5.74, 6) is 0.414. The van der Waals surface area contributed by atoms with Gasteiger partial charge in [0.1, 0.15) is 12.2 Å². The van der Waals surface area contributed by atoms with Gasteiger partial charge >= 0.3 is 6.09 Å². The van der Waals surface area contributed by atoms with E-state index in [9.17, 15) is 9.59 Å². The van der Waals surface area contributed by atoms with Crippen LogP contribution in [-0.4, -0.2) is 62.9 Å². The second-order valence-electron chi connectivity index (χ2n) is 10.0. The number of fused-ring (bicyclic) bond motifs is 4. The van der Waals surface area contributed by atoms with Gasteiger partial charge in [0.25, 0.3) is 0 Å². The van der Waals surface area contributed by atoms with Gasteiger partial charge in [0, 0.05) is 47.2 Å². The quantitative estimate of drug-likeness (QED) is 0.271. The number of amides is 2. The van der Waals surface area contributed by atoms with Crippen molar-refractivity contribution in [2.75, 3.05) is 30.9 Å². The Morgan fingerprint density at radius 2 is 1.98 bits per heavy atom. The van der Waals surface area contributed by atoms with Gasteiger partial charge in [-0.05, 0) is 65.7 Å². The smallest absolute Gasteiger partial charge is 0.411 e. The Hall–Kier alpha value is -4.71. The van der Waals surface area contributed by atoms with Gasteiger partial charge in [0.2, 0.25) is 5.91 Å². The molecule has 0 saturated carbocycles. The molecule has 4 aromatic rings. The van der Waals surface area contributed by atoms with Crippen molar-refractivity contribution in [2.45, 2.75) is 38.1 Å². The van der Waals surface area contributed by atoms with Crippen molar-refractivity contribution in [3.05, 3.63) is 71.4 Å². The fourth-order valence-corrected chi connectivity index (χ4v) is 5.13. The SMILES string of the molecule is COC(=O)Nc1ccc2c(c1)N(C)CCCCCCC(NC(=O)C=Cc1cc(Cl)ccc1-n1cnnn1)c1ncc-2[nH]1. The largest absolute Gasteiger partial charge is 0.453 e. The number of ether oxygens (including phenoxy) is 1. The second-order valence-corrected chi connectivity index (χ2v) is 10.4. The van der Waals surface area contributed by atoms with Crippen molar-refractivity contribution in [1.82, 2.24) is 35.5 Å². The highest BCUT2D eigenvalue weighted by Gasteiger charge is 2.20. The molecule has 42 heavy (non-hydrogen) atoms. The third kappa shape index (κ3) is 6.95. The molecule has 1 atom stereocenters. The number of carbonyl (C=O) groups excluding carboxylic acids is 2. The number of benzene rings is 2. The summed E-state index contributed by atoms with van der Waals surface area (Å²) in [6.07, 6.45) is 10.7.